The standard InChI is InChI=1S/C13H20N4O5/c1-6-5-17(13(21)16-11(6)19)10-3-8(18)9(22-10)4-15-12(20)7(2)14/h5,7-10,18H,3-4,14H2,1-2H3,(H,15,20)(H,16,19,21)/t7-,8-,9+,10+/m0/s1. The molecule has 9 heteroatoms. The molecule has 0 spiro atoms. The molecule has 0 unspecified atom stereocenters. The third-order valence-corrected chi connectivity index (χ3v) is 3.55. The number of hydrogen-bond acceptors (Lipinski definition) is 6. The predicted molar refractivity (Wildman–Crippen MR) is 77.3 cm³/mol. The lowest BCUT2D eigenvalue weighted by molar-refractivity contribution is -0.123. The number of aliphatic hydroxyl groups is 1. The molecule has 0 saturated carbocycles. The zero-order chi connectivity index (χ0) is 16.4. The van der Waals surface area contributed by atoms with Crippen molar-refractivity contribution in [3.8, 4) is 0 Å². The van der Waals surface area contributed by atoms with Gasteiger partial charge in [0.05, 0.1) is 12.1 Å². The number of nitrogens with zero attached hydrogens (tertiary/aromatic N) is 1. The van der Waals surface area contributed by atoms with Gasteiger partial charge in [-0.3, -0.25) is 19.1 Å². The van der Waals surface area contributed by atoms with E-state index in [2.05, 4.69) is 10.3 Å². The summed E-state index contributed by atoms with van der Waals surface area (Å²) < 4.78 is 6.83. The molecule has 1 aromatic heterocycles. The molecule has 4 atom stereocenters. The van der Waals surface area contributed by atoms with Crippen LogP contribution in [0.3, 0.4) is 0 Å². The number of aromatic amines is 1. The van der Waals surface area contributed by atoms with Crippen LogP contribution in [-0.4, -0.2) is 45.4 Å². The summed E-state index contributed by atoms with van der Waals surface area (Å²) in [6.07, 6.45) is -0.606. The normalized spacial score (nSPS) is 25.9. The first-order valence-electron chi connectivity index (χ1n) is 6.98. The van der Waals surface area contributed by atoms with Crippen LogP contribution in [0.2, 0.25) is 0 Å². The minimum absolute atomic E-state index is 0.0924. The monoisotopic (exact) mass is 312 g/mol. The highest BCUT2D eigenvalue weighted by Crippen LogP contribution is 2.27. The fourth-order valence-electron chi connectivity index (χ4n) is 2.23. The van der Waals surface area contributed by atoms with Crippen molar-refractivity contribution in [1.82, 2.24) is 14.9 Å². The Labute approximate surface area is 126 Å². The zero-order valence-electron chi connectivity index (χ0n) is 12.4. The second kappa shape index (κ2) is 6.42. The Balaban J connectivity index is 2.08. The topological polar surface area (TPSA) is 139 Å². The molecule has 0 bridgehead atoms. The van der Waals surface area contributed by atoms with E-state index in [1.165, 1.54) is 10.8 Å². The van der Waals surface area contributed by atoms with Gasteiger partial charge in [-0.2, -0.15) is 0 Å². The number of rotatable bonds is 4. The fourth-order valence-corrected chi connectivity index (χ4v) is 2.23. The number of nitrogens with one attached hydrogen (secondary N) is 2. The van der Waals surface area contributed by atoms with Gasteiger partial charge in [0.15, 0.2) is 0 Å². The summed E-state index contributed by atoms with van der Waals surface area (Å²) in [6.45, 7) is 3.21. The number of amides is 1. The van der Waals surface area contributed by atoms with E-state index in [-0.39, 0.29) is 18.9 Å². The number of carbonyl (C=O) groups is 1. The van der Waals surface area contributed by atoms with E-state index in [0.717, 1.165) is 0 Å². The molecule has 1 aromatic rings. The molecule has 0 aromatic carbocycles. The van der Waals surface area contributed by atoms with Gasteiger partial charge in [0.1, 0.15) is 12.3 Å². The first-order chi connectivity index (χ1) is 10.3. The highest BCUT2D eigenvalue weighted by atomic mass is 16.5. The quantitative estimate of drug-likeness (QED) is 0.505. The van der Waals surface area contributed by atoms with Crippen molar-refractivity contribution < 1.29 is 14.6 Å². The molecule has 1 fully saturated rings. The Kier molecular flexibility index (Phi) is 4.79. The van der Waals surface area contributed by atoms with Crippen molar-refractivity contribution in [2.75, 3.05) is 6.54 Å². The van der Waals surface area contributed by atoms with Crippen LogP contribution in [0.4, 0.5) is 0 Å². The van der Waals surface area contributed by atoms with Crippen LogP contribution in [0, 0.1) is 6.92 Å². The molecule has 1 aliphatic rings. The molecule has 122 valence electrons. The maximum Gasteiger partial charge on any atom is 0.330 e. The van der Waals surface area contributed by atoms with Gasteiger partial charge in [-0.05, 0) is 13.8 Å². The lowest BCUT2D eigenvalue weighted by Crippen LogP contribution is -2.43. The highest BCUT2D eigenvalue weighted by Gasteiger charge is 2.35. The zero-order valence-corrected chi connectivity index (χ0v) is 12.4. The van der Waals surface area contributed by atoms with Crippen LogP contribution in [0.25, 0.3) is 0 Å². The number of nitrogens with two attached hydrogens (primary N) is 1. The average molecular weight is 312 g/mol. The minimum Gasteiger partial charge on any atom is -0.390 e. The molecule has 5 N–H and O–H groups in total. The fraction of sp³-hybridized carbons (Fsp3) is 0.615. The number of ether oxygens (including phenoxy) is 1. The summed E-state index contributed by atoms with van der Waals surface area (Å²) >= 11 is 0. The predicted octanol–water partition coefficient (Wildman–Crippen LogP) is -2.04. The Hall–Kier alpha value is -1.97. The van der Waals surface area contributed by atoms with Gasteiger partial charge >= 0.3 is 5.69 Å². The number of aryl methyl sites for hydroxylation is 1. The number of hydrogen-bond donors (Lipinski definition) is 4. The van der Waals surface area contributed by atoms with Crippen molar-refractivity contribution in [2.45, 2.75) is 44.7 Å². The summed E-state index contributed by atoms with van der Waals surface area (Å²) in [4.78, 5) is 36.8. The van der Waals surface area contributed by atoms with Gasteiger partial charge in [0.25, 0.3) is 5.56 Å². The van der Waals surface area contributed by atoms with Crippen LogP contribution in [-0.2, 0) is 9.53 Å². The van der Waals surface area contributed by atoms with E-state index in [1.54, 1.807) is 13.8 Å². The van der Waals surface area contributed by atoms with Crippen molar-refractivity contribution in [2.24, 2.45) is 5.73 Å². The number of H-pyrrole nitrogens is 1. The summed E-state index contributed by atoms with van der Waals surface area (Å²) in [7, 11) is 0. The first kappa shape index (κ1) is 16.4. The lowest BCUT2D eigenvalue weighted by atomic mass is 10.1. The largest absolute Gasteiger partial charge is 0.390 e. The molecule has 2 heterocycles. The van der Waals surface area contributed by atoms with E-state index >= 15 is 0 Å². The van der Waals surface area contributed by atoms with Crippen LogP contribution in [0.1, 0.15) is 25.1 Å². The summed E-state index contributed by atoms with van der Waals surface area (Å²) in [5.41, 5.74) is 4.74. The van der Waals surface area contributed by atoms with E-state index in [9.17, 15) is 19.5 Å². The third kappa shape index (κ3) is 3.43. The Morgan fingerprint density at radius 3 is 2.95 bits per heavy atom. The smallest absolute Gasteiger partial charge is 0.330 e. The van der Waals surface area contributed by atoms with Gasteiger partial charge in [-0.15, -0.1) is 0 Å². The second-order valence-electron chi connectivity index (χ2n) is 5.44. The summed E-state index contributed by atoms with van der Waals surface area (Å²) in [6, 6.07) is -0.654. The molecule has 22 heavy (non-hydrogen) atoms. The van der Waals surface area contributed by atoms with Gasteiger partial charge in [-0.25, -0.2) is 4.79 Å². The number of aromatic nitrogens is 2. The molecule has 0 radical (unpaired) electrons. The Morgan fingerprint density at radius 2 is 2.32 bits per heavy atom. The molecule has 1 saturated heterocycles. The van der Waals surface area contributed by atoms with Crippen molar-refractivity contribution >= 4 is 5.91 Å². The van der Waals surface area contributed by atoms with Crippen LogP contribution in [0.5, 0.6) is 0 Å². The van der Waals surface area contributed by atoms with Crippen LogP contribution >= 0.6 is 0 Å². The van der Waals surface area contributed by atoms with Gasteiger partial charge < -0.3 is 20.9 Å². The average Bonchev–Trinajstić information content (AvgIpc) is 2.81. The third-order valence-electron chi connectivity index (χ3n) is 3.55. The molecular weight excluding hydrogens is 292 g/mol. The van der Waals surface area contributed by atoms with Gasteiger partial charge in [0.2, 0.25) is 5.91 Å². The van der Waals surface area contributed by atoms with Gasteiger partial charge in [0, 0.05) is 24.7 Å². The van der Waals surface area contributed by atoms with Crippen molar-refractivity contribution in [3.63, 3.8) is 0 Å². The minimum atomic E-state index is -0.836. The number of carbonyl (C=O) groups excluding carboxylic acids is 1. The Morgan fingerprint density at radius 1 is 1.64 bits per heavy atom. The number of aliphatic hydroxyl groups excluding tert-OH is 1. The molecular formula is C13H20N4O5. The molecule has 1 amide bonds. The van der Waals surface area contributed by atoms with E-state index in [1.807, 2.05) is 0 Å². The lowest BCUT2D eigenvalue weighted by Gasteiger charge is -2.17. The van der Waals surface area contributed by atoms with Crippen molar-refractivity contribution in [1.29, 1.82) is 0 Å². The SMILES string of the molecule is Cc1cn([C@H]2C[C@H](O)[C@@H](CNC(=O)[C@H](C)N)O2)c(=O)[nH]c1=O. The van der Waals surface area contributed by atoms with E-state index < -0.39 is 35.7 Å². The molecule has 1 aliphatic heterocycles. The maximum atomic E-state index is 11.8. The maximum absolute atomic E-state index is 11.8. The molecule has 9 nitrogen and oxygen atoms in total. The van der Waals surface area contributed by atoms with E-state index in [4.69, 9.17) is 10.5 Å². The van der Waals surface area contributed by atoms with Crippen LogP contribution < -0.4 is 22.3 Å². The van der Waals surface area contributed by atoms with E-state index in [0.29, 0.717) is 5.56 Å². The van der Waals surface area contributed by atoms with Crippen molar-refractivity contribution in [3.05, 3.63) is 32.6 Å². The second-order valence-corrected chi connectivity index (χ2v) is 5.44. The van der Waals surface area contributed by atoms with Crippen LogP contribution in [0.15, 0.2) is 15.8 Å². The van der Waals surface area contributed by atoms with Gasteiger partial charge in [-0.1, -0.05) is 0 Å². The summed E-state index contributed by atoms with van der Waals surface area (Å²) in [5.74, 6) is -0.351. The Bertz CT molecular complexity index is 665. The molecule has 0 aliphatic carbocycles. The summed E-state index contributed by atoms with van der Waals surface area (Å²) in [5, 5.41) is 12.6. The highest BCUT2D eigenvalue weighted by molar-refractivity contribution is 5.80. The molecule has 2 rings (SSSR count). The first-order valence-corrected chi connectivity index (χ1v) is 6.98.